The Balaban J connectivity index is 1.32. The molecule has 1 aliphatic carbocycles. The molecule has 2 aromatic rings. The van der Waals surface area contributed by atoms with Crippen molar-refractivity contribution in [1.82, 2.24) is 10.2 Å². The molecule has 4 nitrogen and oxygen atoms in total. The largest absolute Gasteiger partial charge is 0.372 e. The smallest absolute Gasteiger partial charge is 0.251 e. The predicted octanol–water partition coefficient (Wildman–Crippen LogP) is 5.11. The van der Waals surface area contributed by atoms with Gasteiger partial charge in [0.25, 0.3) is 5.91 Å². The summed E-state index contributed by atoms with van der Waals surface area (Å²) < 4.78 is 1.08. The van der Waals surface area contributed by atoms with Crippen LogP contribution in [0, 0.1) is 3.57 Å². The number of likely N-dealkylation sites (N-methyl/N-ethyl adjacent to an activating group) is 1. The summed E-state index contributed by atoms with van der Waals surface area (Å²) in [7, 11) is 4.29. The van der Waals surface area contributed by atoms with Crippen LogP contribution in [0.2, 0.25) is 5.02 Å². The van der Waals surface area contributed by atoms with Gasteiger partial charge in [-0.25, -0.2) is 0 Å². The molecule has 0 bridgehead atoms. The summed E-state index contributed by atoms with van der Waals surface area (Å²) in [6.45, 7) is 2.03. The van der Waals surface area contributed by atoms with Crippen molar-refractivity contribution in [3.8, 4) is 0 Å². The summed E-state index contributed by atoms with van der Waals surface area (Å²) in [4.78, 5) is 17.5. The molecule has 160 valence electrons. The fourth-order valence-electron chi connectivity index (χ4n) is 4.63. The topological polar surface area (TPSA) is 35.6 Å². The number of amides is 1. The lowest BCUT2D eigenvalue weighted by Gasteiger charge is -2.36. The van der Waals surface area contributed by atoms with Gasteiger partial charge in [0.2, 0.25) is 0 Å². The van der Waals surface area contributed by atoms with Gasteiger partial charge in [0.05, 0.1) is 5.02 Å². The normalized spacial score (nSPS) is 21.7. The van der Waals surface area contributed by atoms with Gasteiger partial charge in [-0.05, 0) is 103 Å². The van der Waals surface area contributed by atoms with Crippen LogP contribution < -0.4 is 10.2 Å². The number of nitrogens with one attached hydrogen (secondary N) is 1. The maximum atomic E-state index is 12.8. The number of nitrogens with zero attached hydrogens (tertiary/aromatic N) is 2. The number of halogens is 2. The van der Waals surface area contributed by atoms with E-state index in [1.807, 2.05) is 12.1 Å². The van der Waals surface area contributed by atoms with Crippen LogP contribution in [0.15, 0.2) is 36.4 Å². The Morgan fingerprint density at radius 1 is 1.13 bits per heavy atom. The first-order valence-electron chi connectivity index (χ1n) is 10.7. The minimum Gasteiger partial charge on any atom is -0.372 e. The maximum absolute atomic E-state index is 12.8. The molecule has 6 heteroatoms. The van der Waals surface area contributed by atoms with Crippen molar-refractivity contribution in [3.63, 3.8) is 0 Å². The van der Waals surface area contributed by atoms with Crippen LogP contribution in [0.4, 0.5) is 5.69 Å². The third kappa shape index (κ3) is 4.94. The van der Waals surface area contributed by atoms with Gasteiger partial charge in [0, 0.05) is 47.0 Å². The summed E-state index contributed by atoms with van der Waals surface area (Å²) in [5.41, 5.74) is 4.63. The van der Waals surface area contributed by atoms with Crippen LogP contribution in [0.25, 0.3) is 0 Å². The number of hydrogen-bond acceptors (Lipinski definition) is 3. The van der Waals surface area contributed by atoms with Gasteiger partial charge in [0.1, 0.15) is 0 Å². The lowest BCUT2D eigenvalue weighted by atomic mass is 9.89. The number of carbonyl (C=O) groups excluding carboxylic acids is 1. The molecular weight excluding hydrogens is 509 g/mol. The van der Waals surface area contributed by atoms with Gasteiger partial charge in [-0.1, -0.05) is 17.7 Å². The zero-order valence-corrected chi connectivity index (χ0v) is 20.5. The summed E-state index contributed by atoms with van der Waals surface area (Å²) >= 11 is 8.56. The van der Waals surface area contributed by atoms with Crippen LogP contribution in [0.1, 0.15) is 47.2 Å². The van der Waals surface area contributed by atoms with E-state index in [9.17, 15) is 4.79 Å². The molecule has 0 spiro atoms. The molecule has 0 unspecified atom stereocenters. The highest BCUT2D eigenvalue weighted by atomic mass is 127. The summed E-state index contributed by atoms with van der Waals surface area (Å²) in [6, 6.07) is 13.2. The molecule has 2 aromatic carbocycles. The number of benzene rings is 2. The van der Waals surface area contributed by atoms with E-state index < -0.39 is 0 Å². The van der Waals surface area contributed by atoms with Gasteiger partial charge in [-0.2, -0.15) is 0 Å². The first kappa shape index (κ1) is 21.9. The van der Waals surface area contributed by atoms with Crippen molar-refractivity contribution in [3.05, 3.63) is 61.7 Å². The zero-order valence-electron chi connectivity index (χ0n) is 17.6. The average molecular weight is 538 g/mol. The molecule has 2 aliphatic rings. The Labute approximate surface area is 198 Å². The van der Waals surface area contributed by atoms with Gasteiger partial charge < -0.3 is 15.1 Å². The van der Waals surface area contributed by atoms with E-state index in [0.29, 0.717) is 6.04 Å². The average Bonchev–Trinajstić information content (AvgIpc) is 2.75. The SMILES string of the molecule is CN1CCc2cc(C(=O)N[C@H]3CC[C@H](N(C)c4ccc(I)c(Cl)c4)CC3)ccc2C1. The number of anilines is 1. The molecule has 1 saturated carbocycles. The van der Waals surface area contributed by atoms with Crippen LogP contribution in [-0.2, 0) is 13.0 Å². The molecule has 1 heterocycles. The van der Waals surface area contributed by atoms with Crippen molar-refractivity contribution in [2.75, 3.05) is 25.5 Å². The first-order chi connectivity index (χ1) is 14.4. The highest BCUT2D eigenvalue weighted by Crippen LogP contribution is 2.30. The highest BCUT2D eigenvalue weighted by molar-refractivity contribution is 14.1. The van der Waals surface area contributed by atoms with E-state index in [1.165, 1.54) is 11.1 Å². The summed E-state index contributed by atoms with van der Waals surface area (Å²) in [5.74, 6) is 0.0675. The van der Waals surface area contributed by atoms with Gasteiger partial charge in [-0.15, -0.1) is 0 Å². The molecule has 30 heavy (non-hydrogen) atoms. The van der Waals surface area contributed by atoms with E-state index in [0.717, 1.165) is 65.0 Å². The van der Waals surface area contributed by atoms with Crippen molar-refractivity contribution in [2.45, 2.75) is 50.7 Å². The molecule has 0 saturated heterocycles. The minimum absolute atomic E-state index is 0.0675. The predicted molar refractivity (Wildman–Crippen MR) is 133 cm³/mol. The second-order valence-corrected chi connectivity index (χ2v) is 10.2. The molecule has 0 aromatic heterocycles. The van der Waals surface area contributed by atoms with E-state index in [4.69, 9.17) is 11.6 Å². The van der Waals surface area contributed by atoms with E-state index in [-0.39, 0.29) is 11.9 Å². The van der Waals surface area contributed by atoms with Crippen LogP contribution in [0.5, 0.6) is 0 Å². The first-order valence-corrected chi connectivity index (χ1v) is 12.2. The fraction of sp³-hybridized carbons (Fsp3) is 0.458. The number of hydrogen-bond donors (Lipinski definition) is 1. The highest BCUT2D eigenvalue weighted by Gasteiger charge is 2.26. The summed E-state index contributed by atoms with van der Waals surface area (Å²) in [6.07, 6.45) is 5.18. The maximum Gasteiger partial charge on any atom is 0.251 e. The Kier molecular flexibility index (Phi) is 6.90. The Hall–Kier alpha value is -1.31. The molecule has 4 rings (SSSR count). The van der Waals surface area contributed by atoms with E-state index >= 15 is 0 Å². The van der Waals surface area contributed by atoms with Crippen molar-refractivity contribution >= 4 is 45.8 Å². The number of fused-ring (bicyclic) bond motifs is 1. The van der Waals surface area contributed by atoms with Crippen molar-refractivity contribution in [2.24, 2.45) is 0 Å². The minimum atomic E-state index is 0.0675. The molecular formula is C24H29ClIN3O. The molecule has 1 amide bonds. The van der Waals surface area contributed by atoms with Crippen LogP contribution in [-0.4, -0.2) is 43.5 Å². The lowest BCUT2D eigenvalue weighted by Crippen LogP contribution is -2.43. The molecule has 1 aliphatic heterocycles. The quantitative estimate of drug-likeness (QED) is 0.551. The van der Waals surface area contributed by atoms with Crippen LogP contribution >= 0.6 is 34.2 Å². The standard InChI is InChI=1S/C24H29ClIN3O/c1-28-12-11-16-13-17(3-4-18(16)15-28)24(30)27-19-5-7-20(8-6-19)29(2)21-9-10-23(26)22(25)14-21/h3-4,9-10,13-14,19-20H,5-8,11-12,15H2,1-2H3,(H,27,30)/t19-,20-. The Bertz CT molecular complexity index is 927. The van der Waals surface area contributed by atoms with Gasteiger partial charge >= 0.3 is 0 Å². The van der Waals surface area contributed by atoms with Gasteiger partial charge in [-0.3, -0.25) is 4.79 Å². The fourth-order valence-corrected chi connectivity index (χ4v) is 5.14. The molecule has 0 atom stereocenters. The third-order valence-electron chi connectivity index (χ3n) is 6.56. The summed E-state index contributed by atoms with van der Waals surface area (Å²) in [5, 5.41) is 4.08. The second-order valence-electron chi connectivity index (χ2n) is 8.66. The van der Waals surface area contributed by atoms with Crippen molar-refractivity contribution in [1.29, 1.82) is 0 Å². The lowest BCUT2D eigenvalue weighted by molar-refractivity contribution is 0.0925. The van der Waals surface area contributed by atoms with Crippen molar-refractivity contribution < 1.29 is 4.79 Å². The number of carbonyl (C=O) groups is 1. The Morgan fingerprint density at radius 3 is 2.63 bits per heavy atom. The van der Waals surface area contributed by atoms with Gasteiger partial charge in [0.15, 0.2) is 0 Å². The van der Waals surface area contributed by atoms with Crippen LogP contribution in [0.3, 0.4) is 0 Å². The zero-order chi connectivity index (χ0) is 21.3. The molecule has 0 radical (unpaired) electrons. The Morgan fingerprint density at radius 2 is 1.90 bits per heavy atom. The van der Waals surface area contributed by atoms with E-state index in [2.05, 4.69) is 76.1 Å². The monoisotopic (exact) mass is 537 g/mol. The van der Waals surface area contributed by atoms with E-state index in [1.54, 1.807) is 0 Å². The molecule has 1 fully saturated rings. The molecule has 1 N–H and O–H groups in total. The third-order valence-corrected chi connectivity index (χ3v) is 8.13. The second kappa shape index (κ2) is 9.45. The number of rotatable bonds is 4.